The van der Waals surface area contributed by atoms with Gasteiger partial charge in [0.05, 0.1) is 0 Å². The molecule has 1 aliphatic heterocycles. The molecule has 2 aromatic rings. The maximum atomic E-state index is 12.6. The third kappa shape index (κ3) is 3.62. The number of rotatable bonds is 3. The van der Waals surface area contributed by atoms with Gasteiger partial charge in [-0.3, -0.25) is 4.79 Å². The molecule has 1 aromatic heterocycles. The van der Waals surface area contributed by atoms with Crippen LogP contribution < -0.4 is 5.32 Å². The van der Waals surface area contributed by atoms with Gasteiger partial charge in [0.2, 0.25) is 0 Å². The fourth-order valence-electron chi connectivity index (χ4n) is 2.56. The lowest BCUT2D eigenvalue weighted by atomic mass is 10.2. The molecular weight excluding hydrogens is 308 g/mol. The van der Waals surface area contributed by atoms with Crippen LogP contribution in [0.3, 0.4) is 0 Å². The lowest BCUT2D eigenvalue weighted by Gasteiger charge is -2.32. The Morgan fingerprint density at radius 1 is 0.917 bits per heavy atom. The number of carbonyl (C=O) groups is 2. The van der Waals surface area contributed by atoms with Crippen molar-refractivity contribution in [1.29, 1.82) is 0 Å². The molecule has 1 aromatic carbocycles. The molecule has 0 aliphatic carbocycles. The summed E-state index contributed by atoms with van der Waals surface area (Å²) in [6.07, 6.45) is -0.950. The standard InChI is InChI=1S/C17H18N4O3/c22-16(20-9-11-21(12-10-20)17(23)24)14-7-4-8-15(19-14)18-13-5-2-1-3-6-13/h1-8H,9-12H2,(H,18,19)(H,23,24). The number of hydrogen-bond donors (Lipinski definition) is 2. The fourth-order valence-corrected chi connectivity index (χ4v) is 2.56. The zero-order valence-electron chi connectivity index (χ0n) is 13.1. The first kappa shape index (κ1) is 15.8. The highest BCUT2D eigenvalue weighted by Gasteiger charge is 2.25. The van der Waals surface area contributed by atoms with Gasteiger partial charge in [0.1, 0.15) is 11.5 Å². The normalized spacial score (nSPS) is 14.3. The predicted molar refractivity (Wildman–Crippen MR) is 89.5 cm³/mol. The minimum absolute atomic E-state index is 0.184. The van der Waals surface area contributed by atoms with Gasteiger partial charge in [-0.1, -0.05) is 24.3 Å². The summed E-state index contributed by atoms with van der Waals surface area (Å²) in [5, 5.41) is 12.1. The maximum absolute atomic E-state index is 12.6. The van der Waals surface area contributed by atoms with Crippen molar-refractivity contribution in [2.75, 3.05) is 31.5 Å². The molecule has 0 bridgehead atoms. The van der Waals surface area contributed by atoms with Crippen LogP contribution >= 0.6 is 0 Å². The van der Waals surface area contributed by atoms with Gasteiger partial charge in [0.25, 0.3) is 5.91 Å². The van der Waals surface area contributed by atoms with Crippen molar-refractivity contribution >= 4 is 23.5 Å². The number of pyridine rings is 1. The molecule has 0 spiro atoms. The van der Waals surface area contributed by atoms with Crippen LogP contribution in [0.5, 0.6) is 0 Å². The minimum Gasteiger partial charge on any atom is -0.465 e. The number of nitrogens with one attached hydrogen (secondary N) is 1. The van der Waals surface area contributed by atoms with Crippen molar-refractivity contribution in [2.24, 2.45) is 0 Å². The van der Waals surface area contributed by atoms with Crippen molar-refractivity contribution in [1.82, 2.24) is 14.8 Å². The van der Waals surface area contributed by atoms with E-state index in [1.165, 1.54) is 4.90 Å². The third-order valence-electron chi connectivity index (χ3n) is 3.85. The Bertz CT molecular complexity index is 728. The van der Waals surface area contributed by atoms with E-state index in [9.17, 15) is 9.59 Å². The summed E-state index contributed by atoms with van der Waals surface area (Å²) in [7, 11) is 0. The molecule has 3 rings (SSSR count). The van der Waals surface area contributed by atoms with Gasteiger partial charge < -0.3 is 20.2 Å². The van der Waals surface area contributed by atoms with Gasteiger partial charge >= 0.3 is 6.09 Å². The second-order valence-corrected chi connectivity index (χ2v) is 5.46. The van der Waals surface area contributed by atoms with Crippen LogP contribution in [-0.2, 0) is 0 Å². The number of amides is 2. The number of aromatic nitrogens is 1. The molecule has 2 amide bonds. The molecule has 0 atom stereocenters. The Balaban J connectivity index is 1.67. The average Bonchev–Trinajstić information content (AvgIpc) is 2.62. The van der Waals surface area contributed by atoms with E-state index in [0.29, 0.717) is 37.7 Å². The van der Waals surface area contributed by atoms with Gasteiger partial charge in [-0.25, -0.2) is 9.78 Å². The molecule has 1 aliphatic rings. The summed E-state index contributed by atoms with van der Waals surface area (Å²) in [5.41, 5.74) is 1.24. The lowest BCUT2D eigenvalue weighted by molar-refractivity contribution is 0.0619. The van der Waals surface area contributed by atoms with Crippen LogP contribution in [0, 0.1) is 0 Å². The molecule has 2 heterocycles. The highest BCUT2D eigenvalue weighted by atomic mass is 16.4. The van der Waals surface area contributed by atoms with Gasteiger partial charge in [0.15, 0.2) is 0 Å². The molecule has 7 heteroatoms. The largest absolute Gasteiger partial charge is 0.465 e. The summed E-state index contributed by atoms with van der Waals surface area (Å²) in [6.45, 7) is 1.40. The van der Waals surface area contributed by atoms with E-state index >= 15 is 0 Å². The Morgan fingerprint density at radius 3 is 2.25 bits per heavy atom. The Labute approximate surface area is 139 Å². The van der Waals surface area contributed by atoms with Gasteiger partial charge in [0, 0.05) is 31.9 Å². The number of anilines is 2. The highest BCUT2D eigenvalue weighted by Crippen LogP contribution is 2.15. The van der Waals surface area contributed by atoms with E-state index in [2.05, 4.69) is 10.3 Å². The number of nitrogens with zero attached hydrogens (tertiary/aromatic N) is 3. The third-order valence-corrected chi connectivity index (χ3v) is 3.85. The Hall–Kier alpha value is -3.09. The molecule has 1 fully saturated rings. The number of carboxylic acid groups (broad SMARTS) is 1. The van der Waals surface area contributed by atoms with Gasteiger partial charge in [-0.2, -0.15) is 0 Å². The van der Waals surface area contributed by atoms with E-state index < -0.39 is 6.09 Å². The molecule has 1 saturated heterocycles. The number of carbonyl (C=O) groups excluding carboxylic acids is 1. The van der Waals surface area contributed by atoms with Crippen molar-refractivity contribution < 1.29 is 14.7 Å². The molecule has 0 unspecified atom stereocenters. The molecule has 124 valence electrons. The zero-order valence-corrected chi connectivity index (χ0v) is 13.1. The minimum atomic E-state index is -0.950. The Morgan fingerprint density at radius 2 is 1.58 bits per heavy atom. The second-order valence-electron chi connectivity index (χ2n) is 5.46. The fraction of sp³-hybridized carbons (Fsp3) is 0.235. The van der Waals surface area contributed by atoms with Crippen LogP contribution in [0.4, 0.5) is 16.3 Å². The topological polar surface area (TPSA) is 85.8 Å². The first-order valence-electron chi connectivity index (χ1n) is 7.70. The number of piperazine rings is 1. The predicted octanol–water partition coefficient (Wildman–Crippen LogP) is 2.26. The van der Waals surface area contributed by atoms with Crippen LogP contribution in [0.25, 0.3) is 0 Å². The zero-order chi connectivity index (χ0) is 16.9. The molecule has 24 heavy (non-hydrogen) atoms. The van der Waals surface area contributed by atoms with E-state index in [-0.39, 0.29) is 5.91 Å². The number of para-hydroxylation sites is 1. The van der Waals surface area contributed by atoms with Crippen LogP contribution in [0.2, 0.25) is 0 Å². The monoisotopic (exact) mass is 326 g/mol. The first-order chi connectivity index (χ1) is 11.6. The molecule has 0 saturated carbocycles. The van der Waals surface area contributed by atoms with Crippen molar-refractivity contribution in [3.63, 3.8) is 0 Å². The lowest BCUT2D eigenvalue weighted by Crippen LogP contribution is -2.50. The first-order valence-corrected chi connectivity index (χ1v) is 7.70. The van der Waals surface area contributed by atoms with Crippen molar-refractivity contribution in [3.05, 3.63) is 54.2 Å². The van der Waals surface area contributed by atoms with Crippen LogP contribution in [0.15, 0.2) is 48.5 Å². The Kier molecular flexibility index (Phi) is 4.60. The average molecular weight is 326 g/mol. The number of hydrogen-bond acceptors (Lipinski definition) is 4. The van der Waals surface area contributed by atoms with Crippen molar-refractivity contribution in [3.8, 4) is 0 Å². The second kappa shape index (κ2) is 6.99. The molecule has 2 N–H and O–H groups in total. The summed E-state index contributed by atoms with van der Waals surface area (Å²) in [5.74, 6) is 0.410. The highest BCUT2D eigenvalue weighted by molar-refractivity contribution is 5.93. The molecule has 0 radical (unpaired) electrons. The number of benzene rings is 1. The summed E-state index contributed by atoms with van der Waals surface area (Å²) >= 11 is 0. The van der Waals surface area contributed by atoms with Crippen LogP contribution in [-0.4, -0.2) is 58.1 Å². The quantitative estimate of drug-likeness (QED) is 0.903. The smallest absolute Gasteiger partial charge is 0.407 e. The van der Waals surface area contributed by atoms with Gasteiger partial charge in [-0.05, 0) is 24.3 Å². The molecular formula is C17H18N4O3. The van der Waals surface area contributed by atoms with E-state index in [0.717, 1.165) is 5.69 Å². The van der Waals surface area contributed by atoms with Crippen LogP contribution in [0.1, 0.15) is 10.5 Å². The summed E-state index contributed by atoms with van der Waals surface area (Å²) < 4.78 is 0. The van der Waals surface area contributed by atoms with E-state index in [1.54, 1.807) is 23.1 Å². The SMILES string of the molecule is O=C(O)N1CCN(C(=O)c2cccc(Nc3ccccc3)n2)CC1. The van der Waals surface area contributed by atoms with Gasteiger partial charge in [-0.15, -0.1) is 0 Å². The van der Waals surface area contributed by atoms with E-state index in [1.807, 2.05) is 30.3 Å². The molecule has 7 nitrogen and oxygen atoms in total. The summed E-state index contributed by atoms with van der Waals surface area (Å²) in [4.78, 5) is 30.8. The summed E-state index contributed by atoms with van der Waals surface area (Å²) in [6, 6.07) is 14.8. The maximum Gasteiger partial charge on any atom is 0.407 e. The van der Waals surface area contributed by atoms with Crippen molar-refractivity contribution in [2.45, 2.75) is 0 Å². The van der Waals surface area contributed by atoms with E-state index in [4.69, 9.17) is 5.11 Å².